The lowest BCUT2D eigenvalue weighted by Crippen LogP contribution is -2.48. The largest absolute Gasteiger partial charge is 0.486 e. The summed E-state index contributed by atoms with van der Waals surface area (Å²) in [5, 5.41) is 3.06. The average molecular weight is 358 g/mol. The van der Waals surface area contributed by atoms with Crippen LogP contribution < -0.4 is 14.8 Å². The molecule has 0 spiro atoms. The minimum atomic E-state index is -0.126. The highest BCUT2D eigenvalue weighted by atomic mass is 16.6. The van der Waals surface area contributed by atoms with Crippen molar-refractivity contribution in [2.45, 2.75) is 63.6 Å². The summed E-state index contributed by atoms with van der Waals surface area (Å²) in [7, 11) is 0. The molecule has 0 saturated heterocycles. The lowest BCUT2D eigenvalue weighted by molar-refractivity contribution is -0.123. The van der Waals surface area contributed by atoms with Crippen LogP contribution in [0.15, 0.2) is 24.3 Å². The van der Waals surface area contributed by atoms with Gasteiger partial charge in [-0.25, -0.2) is 0 Å². The zero-order valence-corrected chi connectivity index (χ0v) is 15.7. The van der Waals surface area contributed by atoms with Gasteiger partial charge in [-0.05, 0) is 56.6 Å². The van der Waals surface area contributed by atoms with Gasteiger partial charge in [-0.2, -0.15) is 0 Å². The third-order valence-corrected chi connectivity index (χ3v) is 5.89. The first-order valence-corrected chi connectivity index (χ1v) is 10.1. The molecule has 0 bridgehead atoms. The average Bonchev–Trinajstić information content (AvgIpc) is 3.50. The van der Waals surface area contributed by atoms with Crippen molar-refractivity contribution in [3.05, 3.63) is 24.3 Å². The Balaban J connectivity index is 1.25. The van der Waals surface area contributed by atoms with Crippen LogP contribution in [-0.4, -0.2) is 48.7 Å². The summed E-state index contributed by atoms with van der Waals surface area (Å²) in [6.07, 6.45) is 7.43. The molecule has 1 aromatic carbocycles. The number of nitrogens with one attached hydrogen (secondary N) is 1. The van der Waals surface area contributed by atoms with Gasteiger partial charge in [0.2, 0.25) is 5.91 Å². The highest BCUT2D eigenvalue weighted by Crippen LogP contribution is 2.35. The van der Waals surface area contributed by atoms with Crippen LogP contribution in [0, 0.1) is 5.92 Å². The minimum absolute atomic E-state index is 0.109. The molecule has 0 radical (unpaired) electrons. The van der Waals surface area contributed by atoms with E-state index in [9.17, 15) is 4.79 Å². The molecule has 5 heteroatoms. The molecule has 5 nitrogen and oxygen atoms in total. The number of nitrogens with zero attached hydrogens (tertiary/aromatic N) is 1. The molecular weight excluding hydrogens is 328 g/mol. The molecule has 1 atom stereocenters. The number of hydrogen-bond donors (Lipinski definition) is 1. The smallest absolute Gasteiger partial charge is 0.234 e. The Labute approximate surface area is 156 Å². The van der Waals surface area contributed by atoms with E-state index in [2.05, 4.69) is 17.1 Å². The van der Waals surface area contributed by atoms with Gasteiger partial charge in [-0.1, -0.05) is 19.1 Å². The molecule has 1 unspecified atom stereocenters. The number of fused-ring (bicyclic) bond motifs is 1. The SMILES string of the molecule is CC1CCC(N(CC(=O)NCC2COc3ccccc3O2)C2CC2)CC1. The molecule has 2 saturated carbocycles. The van der Waals surface area contributed by atoms with Gasteiger partial charge in [0.05, 0.1) is 13.1 Å². The van der Waals surface area contributed by atoms with Crippen LogP contribution >= 0.6 is 0 Å². The Morgan fingerprint density at radius 1 is 1.08 bits per heavy atom. The van der Waals surface area contributed by atoms with Crippen LogP contribution in [0.1, 0.15) is 45.4 Å². The number of ether oxygens (including phenoxy) is 2. The molecule has 4 rings (SSSR count). The van der Waals surface area contributed by atoms with E-state index in [-0.39, 0.29) is 12.0 Å². The van der Waals surface area contributed by atoms with Crippen molar-refractivity contribution in [3.8, 4) is 11.5 Å². The zero-order chi connectivity index (χ0) is 17.9. The quantitative estimate of drug-likeness (QED) is 0.849. The second-order valence-electron chi connectivity index (χ2n) is 8.12. The summed E-state index contributed by atoms with van der Waals surface area (Å²) in [4.78, 5) is 15.0. The van der Waals surface area contributed by atoms with Crippen LogP contribution in [-0.2, 0) is 4.79 Å². The fraction of sp³-hybridized carbons (Fsp3) is 0.667. The van der Waals surface area contributed by atoms with E-state index >= 15 is 0 Å². The normalized spacial score (nSPS) is 28.0. The molecule has 26 heavy (non-hydrogen) atoms. The first kappa shape index (κ1) is 17.7. The fourth-order valence-electron chi connectivity index (χ4n) is 4.15. The molecule has 1 N–H and O–H groups in total. The molecule has 1 heterocycles. The monoisotopic (exact) mass is 358 g/mol. The third-order valence-electron chi connectivity index (χ3n) is 5.89. The van der Waals surface area contributed by atoms with Gasteiger partial charge in [0.1, 0.15) is 12.7 Å². The number of amides is 1. The van der Waals surface area contributed by atoms with Crippen molar-refractivity contribution in [3.63, 3.8) is 0 Å². The molecule has 3 aliphatic rings. The maximum absolute atomic E-state index is 12.5. The van der Waals surface area contributed by atoms with Crippen LogP contribution in [0.2, 0.25) is 0 Å². The predicted molar refractivity (Wildman–Crippen MR) is 101 cm³/mol. The number of rotatable bonds is 6. The summed E-state index contributed by atoms with van der Waals surface area (Å²) in [5.41, 5.74) is 0. The molecule has 2 aliphatic carbocycles. The van der Waals surface area contributed by atoms with Crippen molar-refractivity contribution in [2.24, 2.45) is 5.92 Å². The van der Waals surface area contributed by atoms with E-state index in [1.807, 2.05) is 24.3 Å². The van der Waals surface area contributed by atoms with Gasteiger partial charge >= 0.3 is 0 Å². The summed E-state index contributed by atoms with van der Waals surface area (Å²) in [6.45, 7) is 3.83. The molecular formula is C21H30N2O3. The number of para-hydroxylation sites is 2. The van der Waals surface area contributed by atoms with Gasteiger partial charge in [-0.3, -0.25) is 9.69 Å². The van der Waals surface area contributed by atoms with Crippen molar-refractivity contribution >= 4 is 5.91 Å². The number of hydrogen-bond acceptors (Lipinski definition) is 4. The maximum atomic E-state index is 12.5. The second kappa shape index (κ2) is 7.87. The van der Waals surface area contributed by atoms with E-state index in [0.29, 0.717) is 31.8 Å². The Kier molecular flexibility index (Phi) is 5.34. The van der Waals surface area contributed by atoms with E-state index in [1.54, 1.807) is 0 Å². The van der Waals surface area contributed by atoms with Crippen LogP contribution in [0.25, 0.3) is 0 Å². The predicted octanol–water partition coefficient (Wildman–Crippen LogP) is 2.99. The third kappa shape index (κ3) is 4.32. The second-order valence-corrected chi connectivity index (χ2v) is 8.12. The van der Waals surface area contributed by atoms with Crippen LogP contribution in [0.4, 0.5) is 0 Å². The van der Waals surface area contributed by atoms with Gasteiger partial charge in [0, 0.05) is 12.1 Å². The molecule has 0 aromatic heterocycles. The fourth-order valence-corrected chi connectivity index (χ4v) is 4.15. The molecule has 1 aliphatic heterocycles. The first-order valence-electron chi connectivity index (χ1n) is 10.1. The number of carbonyl (C=O) groups excluding carboxylic acids is 1. The zero-order valence-electron chi connectivity index (χ0n) is 15.7. The maximum Gasteiger partial charge on any atom is 0.234 e. The lowest BCUT2D eigenvalue weighted by atomic mass is 9.86. The van der Waals surface area contributed by atoms with Gasteiger partial charge in [0.25, 0.3) is 0 Å². The van der Waals surface area contributed by atoms with E-state index in [0.717, 1.165) is 17.4 Å². The Bertz CT molecular complexity index is 623. The van der Waals surface area contributed by atoms with Crippen molar-refractivity contribution in [1.29, 1.82) is 0 Å². The topological polar surface area (TPSA) is 50.8 Å². The standard InChI is InChI=1S/C21H30N2O3/c1-15-6-8-16(9-7-15)23(17-10-11-17)13-21(24)22-12-18-14-25-19-4-2-3-5-20(19)26-18/h2-5,15-18H,6-14H2,1H3,(H,22,24). The molecule has 1 aromatic rings. The minimum Gasteiger partial charge on any atom is -0.486 e. The highest BCUT2D eigenvalue weighted by molar-refractivity contribution is 5.78. The Hall–Kier alpha value is -1.75. The van der Waals surface area contributed by atoms with Crippen LogP contribution in [0.3, 0.4) is 0 Å². The summed E-state index contributed by atoms with van der Waals surface area (Å²) in [5.74, 6) is 2.49. The number of carbonyl (C=O) groups is 1. The molecule has 142 valence electrons. The van der Waals surface area contributed by atoms with Gasteiger partial charge < -0.3 is 14.8 Å². The highest BCUT2D eigenvalue weighted by Gasteiger charge is 2.36. The Morgan fingerprint density at radius 2 is 1.73 bits per heavy atom. The van der Waals surface area contributed by atoms with Crippen molar-refractivity contribution in [2.75, 3.05) is 19.7 Å². The first-order chi connectivity index (χ1) is 12.7. The van der Waals surface area contributed by atoms with E-state index in [1.165, 1.54) is 38.5 Å². The van der Waals surface area contributed by atoms with Gasteiger partial charge in [-0.15, -0.1) is 0 Å². The number of benzene rings is 1. The van der Waals surface area contributed by atoms with E-state index in [4.69, 9.17) is 9.47 Å². The van der Waals surface area contributed by atoms with Crippen molar-refractivity contribution < 1.29 is 14.3 Å². The summed E-state index contributed by atoms with van der Waals surface area (Å²) >= 11 is 0. The van der Waals surface area contributed by atoms with Crippen molar-refractivity contribution in [1.82, 2.24) is 10.2 Å². The summed E-state index contributed by atoms with van der Waals surface area (Å²) in [6, 6.07) is 8.89. The van der Waals surface area contributed by atoms with Gasteiger partial charge in [0.15, 0.2) is 11.5 Å². The molecule has 2 fully saturated rings. The van der Waals surface area contributed by atoms with Crippen LogP contribution in [0.5, 0.6) is 11.5 Å². The lowest BCUT2D eigenvalue weighted by Gasteiger charge is -2.36. The Morgan fingerprint density at radius 3 is 2.42 bits per heavy atom. The van der Waals surface area contributed by atoms with E-state index < -0.39 is 0 Å². The summed E-state index contributed by atoms with van der Waals surface area (Å²) < 4.78 is 11.6. The molecule has 1 amide bonds.